The van der Waals surface area contributed by atoms with Crippen molar-refractivity contribution >= 4 is 25.4 Å². The zero-order chi connectivity index (χ0) is 23.5. The van der Waals surface area contributed by atoms with Gasteiger partial charge in [-0.1, -0.05) is 127 Å². The molecule has 0 fully saturated rings. The summed E-state index contributed by atoms with van der Waals surface area (Å²) < 4.78 is 0. The van der Waals surface area contributed by atoms with Crippen LogP contribution >= 0.6 is 10.0 Å². The highest BCUT2D eigenvalue weighted by atomic mass is 32.3. The van der Waals surface area contributed by atoms with Crippen LogP contribution in [-0.2, 0) is 0 Å². The summed E-state index contributed by atoms with van der Waals surface area (Å²) >= 11 is 0. The first-order valence-corrected chi connectivity index (χ1v) is 13.6. The predicted molar refractivity (Wildman–Crippen MR) is 151 cm³/mol. The predicted octanol–water partition coefficient (Wildman–Crippen LogP) is 9.53. The molecule has 0 spiro atoms. The summed E-state index contributed by atoms with van der Waals surface area (Å²) in [6, 6.07) is 55.0. The molecule has 0 aliphatic carbocycles. The van der Waals surface area contributed by atoms with Crippen LogP contribution in [0.1, 0.15) is 16.7 Å². The van der Waals surface area contributed by atoms with Crippen LogP contribution in [0.5, 0.6) is 0 Å². The Hall–Kier alpha value is -4.07. The molecule has 0 amide bonds. The first-order chi connectivity index (χ1) is 17.4. The lowest BCUT2D eigenvalue weighted by Crippen LogP contribution is -2.06. The molecule has 6 rings (SSSR count). The van der Waals surface area contributed by atoms with Gasteiger partial charge >= 0.3 is 0 Å². The quantitative estimate of drug-likeness (QED) is 0.242. The summed E-state index contributed by atoms with van der Waals surface area (Å²) in [5, 5.41) is 0. The molecule has 0 N–H and O–H groups in total. The highest BCUT2D eigenvalue weighted by molar-refractivity contribution is 8.48. The van der Waals surface area contributed by atoms with E-state index in [4.69, 9.17) is 0 Å². The van der Waals surface area contributed by atoms with E-state index in [1.54, 1.807) is 0 Å². The highest BCUT2D eigenvalue weighted by Crippen LogP contribution is 2.82. The van der Waals surface area contributed by atoms with Crippen LogP contribution in [0.3, 0.4) is 0 Å². The van der Waals surface area contributed by atoms with Crippen molar-refractivity contribution in [2.45, 2.75) is 9.79 Å². The second-order valence-corrected chi connectivity index (χ2v) is 11.6. The van der Waals surface area contributed by atoms with E-state index in [-0.39, 0.29) is 0 Å². The molecule has 0 saturated heterocycles. The van der Waals surface area contributed by atoms with Crippen LogP contribution in [-0.4, -0.2) is 0 Å². The van der Waals surface area contributed by atoms with Crippen molar-refractivity contribution in [3.8, 4) is 0 Å². The van der Waals surface area contributed by atoms with Gasteiger partial charge in [0.05, 0.1) is 0 Å². The maximum atomic E-state index is 2.46. The van der Waals surface area contributed by atoms with Crippen LogP contribution in [0.4, 0.5) is 0 Å². The summed E-state index contributed by atoms with van der Waals surface area (Å²) in [6.07, 6.45) is 2.46. The molecule has 1 aliphatic rings. The molecule has 5 aromatic carbocycles. The van der Waals surface area contributed by atoms with Crippen LogP contribution in [0.2, 0.25) is 0 Å². The molecule has 0 aromatic heterocycles. The van der Waals surface area contributed by atoms with E-state index in [0.29, 0.717) is 0 Å². The fraction of sp³-hybridized carbons (Fsp3) is 0. The van der Waals surface area contributed by atoms with Gasteiger partial charge in [-0.3, -0.25) is 0 Å². The molecule has 0 radical (unpaired) electrons. The van der Waals surface area contributed by atoms with Crippen molar-refractivity contribution in [1.82, 2.24) is 0 Å². The van der Waals surface area contributed by atoms with Gasteiger partial charge in [-0.15, -0.1) is 10.0 Å². The van der Waals surface area contributed by atoms with Gasteiger partial charge in [-0.25, -0.2) is 0 Å². The Morgan fingerprint density at radius 1 is 0.343 bits per heavy atom. The Labute approximate surface area is 209 Å². The van der Waals surface area contributed by atoms with Gasteiger partial charge in [0.15, 0.2) is 0 Å². The van der Waals surface area contributed by atoms with Gasteiger partial charge in [0.2, 0.25) is 0 Å². The van der Waals surface area contributed by atoms with Crippen molar-refractivity contribution in [2.75, 3.05) is 0 Å². The molecule has 0 saturated carbocycles. The molecular formula is C34H26S. The first-order valence-electron chi connectivity index (χ1n) is 11.9. The smallest absolute Gasteiger partial charge is 0.0175 e. The molecule has 168 valence electrons. The minimum Gasteiger partial charge on any atom is -0.131 e. The van der Waals surface area contributed by atoms with E-state index in [0.717, 1.165) is 0 Å². The van der Waals surface area contributed by atoms with Crippen molar-refractivity contribution < 1.29 is 0 Å². The summed E-state index contributed by atoms with van der Waals surface area (Å²) in [4.78, 5) is 5.49. The average Bonchev–Trinajstić information content (AvgIpc) is 3.32. The molecule has 1 heterocycles. The molecule has 1 heteroatoms. The van der Waals surface area contributed by atoms with Crippen LogP contribution in [0.15, 0.2) is 168 Å². The normalized spacial score (nSPS) is 15.5. The van der Waals surface area contributed by atoms with Gasteiger partial charge in [0.1, 0.15) is 0 Å². The largest absolute Gasteiger partial charge is 0.131 e. The maximum absolute atomic E-state index is 2.46. The lowest BCUT2D eigenvalue weighted by Gasteiger charge is -2.43. The van der Waals surface area contributed by atoms with Gasteiger partial charge in [-0.2, -0.15) is 0 Å². The number of hydrogen-bond acceptors (Lipinski definition) is 0. The minimum atomic E-state index is -1.76. The molecular weight excluding hydrogens is 440 g/mol. The van der Waals surface area contributed by atoms with E-state index in [9.17, 15) is 0 Å². The Bertz CT molecular complexity index is 1440. The van der Waals surface area contributed by atoms with Crippen LogP contribution in [0.25, 0.3) is 15.4 Å². The first kappa shape index (κ1) is 21.5. The third-order valence-electron chi connectivity index (χ3n) is 6.53. The van der Waals surface area contributed by atoms with Gasteiger partial charge in [0, 0.05) is 19.6 Å². The van der Waals surface area contributed by atoms with Crippen molar-refractivity contribution in [3.05, 3.63) is 174 Å². The maximum Gasteiger partial charge on any atom is 0.0175 e. The summed E-state index contributed by atoms with van der Waals surface area (Å²) in [5.74, 6) is 0. The van der Waals surface area contributed by atoms with Gasteiger partial charge in [-0.05, 0) is 52.6 Å². The Kier molecular flexibility index (Phi) is 5.70. The minimum absolute atomic E-state index is 1.25. The lowest BCUT2D eigenvalue weighted by atomic mass is 10.0. The SMILES string of the molecule is C1=C(c2ccccc2)S(c2ccccc2)(c2ccccc2)C(c2ccccc2)=C1c1ccccc1. The Balaban J connectivity index is 1.80. The number of rotatable bonds is 5. The lowest BCUT2D eigenvalue weighted by molar-refractivity contribution is 1.38. The molecule has 0 atom stereocenters. The second kappa shape index (κ2) is 9.29. The van der Waals surface area contributed by atoms with E-state index in [1.165, 1.54) is 41.9 Å². The van der Waals surface area contributed by atoms with Crippen molar-refractivity contribution in [1.29, 1.82) is 0 Å². The third kappa shape index (κ3) is 3.65. The standard InChI is InChI=1S/C34H26S/c1-6-16-27(17-7-1)32-26-33(28-18-8-2-9-19-28)35(30-22-12-4-13-23-30,31-24-14-5-15-25-31)34(32)29-20-10-3-11-21-29/h1-26H. The Morgan fingerprint density at radius 2 is 0.714 bits per heavy atom. The monoisotopic (exact) mass is 466 g/mol. The third-order valence-corrected chi connectivity index (χ3v) is 10.6. The van der Waals surface area contributed by atoms with Gasteiger partial charge in [0.25, 0.3) is 0 Å². The number of hydrogen-bond donors (Lipinski definition) is 0. The summed E-state index contributed by atoms with van der Waals surface area (Å²) in [6.45, 7) is 0. The van der Waals surface area contributed by atoms with Crippen LogP contribution in [0, 0.1) is 0 Å². The molecule has 5 aromatic rings. The van der Waals surface area contributed by atoms with E-state index < -0.39 is 10.0 Å². The average molecular weight is 467 g/mol. The fourth-order valence-corrected chi connectivity index (χ4v) is 9.43. The number of allylic oxidation sites excluding steroid dienone is 2. The molecule has 0 nitrogen and oxygen atoms in total. The van der Waals surface area contributed by atoms with E-state index in [2.05, 4.69) is 158 Å². The fourth-order valence-electron chi connectivity index (χ4n) is 5.05. The summed E-state index contributed by atoms with van der Waals surface area (Å²) in [5.41, 5.74) is 5.10. The van der Waals surface area contributed by atoms with Crippen LogP contribution < -0.4 is 0 Å². The number of benzene rings is 5. The molecule has 1 aliphatic heterocycles. The molecule has 35 heavy (non-hydrogen) atoms. The van der Waals surface area contributed by atoms with Crippen molar-refractivity contribution in [2.24, 2.45) is 0 Å². The van der Waals surface area contributed by atoms with Gasteiger partial charge < -0.3 is 0 Å². The highest BCUT2D eigenvalue weighted by Gasteiger charge is 2.43. The van der Waals surface area contributed by atoms with E-state index in [1.807, 2.05) is 0 Å². The van der Waals surface area contributed by atoms with Crippen molar-refractivity contribution in [3.63, 3.8) is 0 Å². The molecule has 0 unspecified atom stereocenters. The van der Waals surface area contributed by atoms with E-state index >= 15 is 0 Å². The molecule has 0 bridgehead atoms. The summed E-state index contributed by atoms with van der Waals surface area (Å²) in [7, 11) is -1.76. The topological polar surface area (TPSA) is 0 Å². The Morgan fingerprint density at radius 3 is 1.17 bits per heavy atom. The zero-order valence-electron chi connectivity index (χ0n) is 19.4. The zero-order valence-corrected chi connectivity index (χ0v) is 20.2. The second-order valence-electron chi connectivity index (χ2n) is 8.59.